The quantitative estimate of drug-likeness (QED) is 0.0651. The highest BCUT2D eigenvalue weighted by Gasteiger charge is 2.39. The summed E-state index contributed by atoms with van der Waals surface area (Å²) < 4.78 is 4.61. The lowest BCUT2D eigenvalue weighted by molar-refractivity contribution is -0.142. The van der Waals surface area contributed by atoms with Crippen LogP contribution >= 0.6 is 12.6 Å². The first kappa shape index (κ1) is 45.2. The number of hydrogen-bond donors (Lipinski definition) is 7. The van der Waals surface area contributed by atoms with Gasteiger partial charge in [-0.25, -0.2) is 9.59 Å². The number of carbonyl (C=O) groups excluding carboxylic acids is 7. The number of para-hydroxylation sites is 2. The standard InChI is InChI=1S/C40H53N7O10S/c1-40(2,3)34(50)20-47-32-15-8-7-14-31(32)46(26-12-5-4-6-13-26)19-28(37(47)53)45-39(56)42-25-11-9-10-24(18-25)33(49)17-16-27(41)35(51)43-29(21-57-23-48)36(52)44-30(22-58)38(54)55/h7-11,14-15,18,23,26-30,58H,4-6,12-13,16-17,19-22,41H2,1-3H3,(H,43,51)(H,44,52)(H,54,55)(H2,42,45,56)/t27-,28+,29-,30?/m0/s1. The van der Waals surface area contributed by atoms with Crippen LogP contribution in [0.4, 0.5) is 21.9 Å². The van der Waals surface area contributed by atoms with Gasteiger partial charge in [0.25, 0.3) is 12.4 Å². The molecule has 0 aromatic heterocycles. The molecule has 2 aromatic rings. The van der Waals surface area contributed by atoms with Crippen LogP contribution in [-0.2, 0) is 33.5 Å². The molecule has 7 N–H and O–H groups in total. The van der Waals surface area contributed by atoms with Gasteiger partial charge >= 0.3 is 12.0 Å². The number of anilines is 3. The zero-order valence-electron chi connectivity index (χ0n) is 32.9. The van der Waals surface area contributed by atoms with Gasteiger partial charge in [0.15, 0.2) is 11.6 Å². The summed E-state index contributed by atoms with van der Waals surface area (Å²) in [5, 5.41) is 19.2. The summed E-state index contributed by atoms with van der Waals surface area (Å²) in [4.78, 5) is 105. The van der Waals surface area contributed by atoms with E-state index in [4.69, 9.17) is 5.73 Å². The Morgan fingerprint density at radius 3 is 2.28 bits per heavy atom. The van der Waals surface area contributed by atoms with Crippen LogP contribution < -0.4 is 36.8 Å². The molecule has 1 heterocycles. The number of nitrogens with zero attached hydrogens (tertiary/aromatic N) is 2. The third-order valence-electron chi connectivity index (χ3n) is 10.1. The smallest absolute Gasteiger partial charge is 0.327 e. The van der Waals surface area contributed by atoms with Gasteiger partial charge in [0.05, 0.1) is 24.0 Å². The van der Waals surface area contributed by atoms with Crippen molar-refractivity contribution in [2.45, 2.75) is 95.9 Å². The van der Waals surface area contributed by atoms with Crippen molar-refractivity contribution in [3.8, 4) is 0 Å². The number of urea groups is 1. The zero-order chi connectivity index (χ0) is 42.6. The molecule has 314 valence electrons. The summed E-state index contributed by atoms with van der Waals surface area (Å²) >= 11 is 3.88. The van der Waals surface area contributed by atoms with Crippen LogP contribution in [0.25, 0.3) is 0 Å². The Balaban J connectivity index is 1.42. The minimum absolute atomic E-state index is 0.0538. The van der Waals surface area contributed by atoms with E-state index in [0.717, 1.165) is 37.8 Å². The molecule has 0 bridgehead atoms. The number of carbonyl (C=O) groups is 8. The van der Waals surface area contributed by atoms with Crippen molar-refractivity contribution >= 4 is 77.5 Å². The topological polar surface area (TPSA) is 247 Å². The Hall–Kier alpha value is -5.49. The number of carboxylic acids is 1. The maximum atomic E-state index is 14.3. The van der Waals surface area contributed by atoms with Gasteiger partial charge in [-0.05, 0) is 43.5 Å². The predicted molar refractivity (Wildman–Crippen MR) is 219 cm³/mol. The van der Waals surface area contributed by atoms with Crippen molar-refractivity contribution in [2.24, 2.45) is 11.1 Å². The summed E-state index contributed by atoms with van der Waals surface area (Å²) in [6, 6.07) is 7.89. The molecule has 17 nitrogen and oxygen atoms in total. The van der Waals surface area contributed by atoms with Gasteiger partial charge in [-0.15, -0.1) is 0 Å². The lowest BCUT2D eigenvalue weighted by Crippen LogP contribution is -2.56. The molecular formula is C40H53N7O10S. The Labute approximate surface area is 342 Å². The molecule has 0 radical (unpaired) electrons. The van der Waals surface area contributed by atoms with E-state index in [1.807, 2.05) is 24.3 Å². The Morgan fingerprint density at radius 1 is 0.966 bits per heavy atom. The van der Waals surface area contributed by atoms with E-state index < -0.39 is 71.7 Å². The number of benzene rings is 2. The number of rotatable bonds is 18. The first-order chi connectivity index (χ1) is 27.5. The number of carboxylic acid groups (broad SMARTS) is 1. The molecule has 4 atom stereocenters. The third kappa shape index (κ3) is 12.3. The third-order valence-corrected chi connectivity index (χ3v) is 10.5. The second-order valence-electron chi connectivity index (χ2n) is 15.4. The normalized spacial score (nSPS) is 17.4. The average molecular weight is 824 g/mol. The summed E-state index contributed by atoms with van der Waals surface area (Å²) in [6.07, 6.45) is 4.71. The van der Waals surface area contributed by atoms with Gasteiger partial charge in [0, 0.05) is 41.4 Å². The van der Waals surface area contributed by atoms with E-state index in [9.17, 15) is 43.5 Å². The van der Waals surface area contributed by atoms with Crippen LogP contribution in [0.3, 0.4) is 0 Å². The molecule has 1 aliphatic carbocycles. The molecule has 5 amide bonds. The fourth-order valence-corrected chi connectivity index (χ4v) is 6.97. The summed E-state index contributed by atoms with van der Waals surface area (Å²) in [6.45, 7) is 4.86. The van der Waals surface area contributed by atoms with Crippen molar-refractivity contribution in [1.82, 2.24) is 16.0 Å². The van der Waals surface area contributed by atoms with Crippen LogP contribution in [0.2, 0.25) is 0 Å². The van der Waals surface area contributed by atoms with E-state index in [0.29, 0.717) is 5.69 Å². The van der Waals surface area contributed by atoms with Gasteiger partial charge < -0.3 is 46.6 Å². The Kier molecular flexibility index (Phi) is 16.2. The van der Waals surface area contributed by atoms with Crippen LogP contribution in [0.15, 0.2) is 48.5 Å². The lowest BCUT2D eigenvalue weighted by Gasteiger charge is -2.37. The number of ketones is 2. The van der Waals surface area contributed by atoms with E-state index in [1.54, 1.807) is 32.9 Å². The number of thiol groups is 1. The van der Waals surface area contributed by atoms with Crippen molar-refractivity contribution in [2.75, 3.05) is 40.6 Å². The molecule has 0 saturated heterocycles. The highest BCUT2D eigenvalue weighted by Crippen LogP contribution is 2.37. The maximum absolute atomic E-state index is 14.3. The lowest BCUT2D eigenvalue weighted by atomic mass is 9.90. The van der Waals surface area contributed by atoms with Crippen molar-refractivity contribution in [1.29, 1.82) is 0 Å². The number of fused-ring (bicyclic) bond motifs is 1. The van der Waals surface area contributed by atoms with Crippen LogP contribution in [0.5, 0.6) is 0 Å². The number of hydrogen-bond acceptors (Lipinski definition) is 12. The SMILES string of the molecule is CC(C)(C)C(=O)CN1C(=O)[C@H](NC(=O)Nc2cccc(C(=O)CC[C@H](N)C(=O)N[C@@H](COC=O)C(=O)NC(CS)C(=O)O)c2)CN(C2CCCCC2)c2ccccc21. The molecule has 58 heavy (non-hydrogen) atoms. The largest absolute Gasteiger partial charge is 0.480 e. The number of nitrogens with one attached hydrogen (secondary N) is 4. The van der Waals surface area contributed by atoms with Crippen molar-refractivity contribution < 1.29 is 48.2 Å². The number of nitrogens with two attached hydrogens (primary N) is 1. The van der Waals surface area contributed by atoms with Crippen molar-refractivity contribution in [3.63, 3.8) is 0 Å². The van der Waals surface area contributed by atoms with Crippen LogP contribution in [0, 0.1) is 5.41 Å². The zero-order valence-corrected chi connectivity index (χ0v) is 33.8. The molecule has 18 heteroatoms. The highest BCUT2D eigenvalue weighted by atomic mass is 32.1. The van der Waals surface area contributed by atoms with E-state index in [1.165, 1.54) is 17.0 Å². The molecule has 2 aromatic carbocycles. The monoisotopic (exact) mass is 823 g/mol. The second-order valence-corrected chi connectivity index (χ2v) is 15.8. The van der Waals surface area contributed by atoms with Crippen LogP contribution in [-0.4, -0.2) is 109 Å². The van der Waals surface area contributed by atoms with Gasteiger partial charge in [-0.3, -0.25) is 28.8 Å². The molecule has 1 aliphatic heterocycles. The van der Waals surface area contributed by atoms with E-state index in [-0.39, 0.29) is 61.2 Å². The van der Waals surface area contributed by atoms with Crippen molar-refractivity contribution in [3.05, 3.63) is 54.1 Å². The molecule has 1 saturated carbocycles. The number of aliphatic carboxylic acids is 1. The fourth-order valence-electron chi connectivity index (χ4n) is 6.72. The molecular weight excluding hydrogens is 771 g/mol. The Morgan fingerprint density at radius 2 is 1.64 bits per heavy atom. The van der Waals surface area contributed by atoms with Gasteiger partial charge in [0.2, 0.25) is 11.8 Å². The van der Waals surface area contributed by atoms with E-state index in [2.05, 4.69) is 43.5 Å². The second kappa shape index (κ2) is 20.8. The average Bonchev–Trinajstić information content (AvgIpc) is 3.30. The summed E-state index contributed by atoms with van der Waals surface area (Å²) in [7, 11) is 0. The number of Topliss-reactive ketones (excluding diaryl/α,β-unsaturated/α-hetero) is 2. The highest BCUT2D eigenvalue weighted by molar-refractivity contribution is 7.80. The van der Waals surface area contributed by atoms with Gasteiger partial charge in [-0.1, -0.05) is 64.3 Å². The fraction of sp³-hybridized carbons (Fsp3) is 0.500. The van der Waals surface area contributed by atoms with E-state index >= 15 is 0 Å². The van der Waals surface area contributed by atoms with Crippen LogP contribution in [0.1, 0.15) is 76.1 Å². The molecule has 0 spiro atoms. The Bertz CT molecular complexity index is 1850. The van der Waals surface area contributed by atoms with Gasteiger partial charge in [0.1, 0.15) is 24.7 Å². The number of amides is 5. The molecule has 1 fully saturated rings. The minimum Gasteiger partial charge on any atom is -0.480 e. The first-order valence-corrected chi connectivity index (χ1v) is 19.8. The first-order valence-electron chi connectivity index (χ1n) is 19.2. The predicted octanol–water partition coefficient (Wildman–Crippen LogP) is 2.43. The summed E-state index contributed by atoms with van der Waals surface area (Å²) in [5.74, 6) is -4.38. The summed E-state index contributed by atoms with van der Waals surface area (Å²) in [5.41, 5.74) is 7.20. The molecule has 4 rings (SSSR count). The minimum atomic E-state index is -1.47. The van der Waals surface area contributed by atoms with Gasteiger partial charge in [-0.2, -0.15) is 12.6 Å². The maximum Gasteiger partial charge on any atom is 0.327 e. The number of ether oxygens (including phenoxy) is 1. The molecule has 1 unspecified atom stereocenters. The molecule has 2 aliphatic rings.